The molecule has 0 amide bonds. The molecule has 1 aliphatic heterocycles. The highest BCUT2D eigenvalue weighted by Gasteiger charge is 2.34. The summed E-state index contributed by atoms with van der Waals surface area (Å²) in [7, 11) is 1.56. The number of carbonyl (C=O) groups excluding carboxylic acids is 1. The van der Waals surface area contributed by atoms with Gasteiger partial charge < -0.3 is 18.8 Å². The Morgan fingerprint density at radius 2 is 1.91 bits per heavy atom. The van der Waals surface area contributed by atoms with Crippen LogP contribution in [-0.4, -0.2) is 34.9 Å². The van der Waals surface area contributed by atoms with E-state index in [2.05, 4.69) is 16.7 Å². The van der Waals surface area contributed by atoms with Crippen molar-refractivity contribution in [2.75, 3.05) is 13.7 Å². The number of aryl methyl sites for hydroxylation is 2. The van der Waals surface area contributed by atoms with Crippen molar-refractivity contribution in [2.24, 2.45) is 4.99 Å². The molecular formula is C36H38N4O5S2. The van der Waals surface area contributed by atoms with Crippen molar-refractivity contribution in [3.8, 4) is 22.6 Å². The highest BCUT2D eigenvalue weighted by Crippen LogP contribution is 2.39. The number of aromatic nitrogens is 2. The number of carbonyl (C=O) groups is 1. The predicted octanol–water partition coefficient (Wildman–Crippen LogP) is 5.81. The largest absolute Gasteiger partial charge is 0.493 e. The zero-order valence-electron chi connectivity index (χ0n) is 27.7. The lowest BCUT2D eigenvalue weighted by Crippen LogP contribution is -2.40. The van der Waals surface area contributed by atoms with Crippen LogP contribution in [0.2, 0.25) is 0 Å². The lowest BCUT2D eigenvalue weighted by atomic mass is 9.95. The molecule has 0 saturated carbocycles. The number of nitrogens with zero attached hydrogens (tertiary/aromatic N) is 4. The van der Waals surface area contributed by atoms with Crippen LogP contribution in [0.3, 0.4) is 0 Å². The number of allylic oxidation sites excluding steroid dienone is 1. The minimum atomic E-state index is -0.780. The van der Waals surface area contributed by atoms with Crippen molar-refractivity contribution in [2.45, 2.75) is 79.4 Å². The van der Waals surface area contributed by atoms with E-state index in [0.29, 0.717) is 37.7 Å². The first-order valence-electron chi connectivity index (χ1n) is 15.9. The molecule has 244 valence electrons. The summed E-state index contributed by atoms with van der Waals surface area (Å²) in [5, 5.41) is 11.1. The van der Waals surface area contributed by atoms with E-state index < -0.39 is 12.0 Å². The summed E-state index contributed by atoms with van der Waals surface area (Å²) in [6, 6.07) is 9.21. The molecular weight excluding hydrogens is 633 g/mol. The maximum atomic E-state index is 14.3. The zero-order valence-corrected chi connectivity index (χ0v) is 29.4. The summed E-state index contributed by atoms with van der Waals surface area (Å²) >= 11 is 2.99. The number of esters is 1. The van der Waals surface area contributed by atoms with Gasteiger partial charge in [-0.1, -0.05) is 17.4 Å². The number of hydrogen-bond donors (Lipinski definition) is 0. The number of thiophene rings is 1. The second kappa shape index (κ2) is 13.0. The third-order valence-corrected chi connectivity index (χ3v) is 10.9. The topological polar surface area (TPSA) is 108 Å². The van der Waals surface area contributed by atoms with Crippen molar-refractivity contribution in [1.29, 1.82) is 5.26 Å². The Labute approximate surface area is 281 Å². The zero-order chi connectivity index (χ0) is 33.6. The number of nitriles is 1. The summed E-state index contributed by atoms with van der Waals surface area (Å²) in [5.74, 6) is 0.541. The normalized spacial score (nSPS) is 16.1. The first kappa shape index (κ1) is 32.5. The van der Waals surface area contributed by atoms with Crippen LogP contribution in [0.25, 0.3) is 11.1 Å². The molecule has 4 aromatic rings. The molecule has 1 aliphatic carbocycles. The summed E-state index contributed by atoms with van der Waals surface area (Å²) in [6.07, 6.45) is 6.03. The molecule has 9 nitrogen and oxygen atoms in total. The lowest BCUT2D eigenvalue weighted by Gasteiger charge is -2.25. The minimum absolute atomic E-state index is 0.0664. The Bertz CT molecular complexity index is 2160. The summed E-state index contributed by atoms with van der Waals surface area (Å²) < 4.78 is 21.3. The molecule has 11 heteroatoms. The van der Waals surface area contributed by atoms with Crippen LogP contribution in [0.15, 0.2) is 45.3 Å². The molecule has 0 unspecified atom stereocenters. The van der Waals surface area contributed by atoms with E-state index in [1.54, 1.807) is 49.0 Å². The Morgan fingerprint density at radius 3 is 2.62 bits per heavy atom. The number of fused-ring (bicyclic) bond motifs is 2. The molecule has 6 rings (SSSR count). The van der Waals surface area contributed by atoms with Crippen LogP contribution < -0.4 is 24.4 Å². The average molecular weight is 671 g/mol. The van der Waals surface area contributed by atoms with E-state index in [9.17, 15) is 14.9 Å². The highest BCUT2D eigenvalue weighted by molar-refractivity contribution is 7.15. The second-order valence-corrected chi connectivity index (χ2v) is 14.1. The molecule has 0 radical (unpaired) electrons. The van der Waals surface area contributed by atoms with Crippen molar-refractivity contribution in [1.82, 2.24) is 9.13 Å². The van der Waals surface area contributed by atoms with Gasteiger partial charge in [-0.25, -0.2) is 9.79 Å². The van der Waals surface area contributed by atoms with Crippen LogP contribution in [-0.2, 0) is 22.4 Å². The van der Waals surface area contributed by atoms with Crippen molar-refractivity contribution < 1.29 is 19.0 Å². The molecule has 4 heterocycles. The Balaban J connectivity index is 1.51. The molecule has 0 spiro atoms. The van der Waals surface area contributed by atoms with E-state index in [-0.39, 0.29) is 18.3 Å². The summed E-state index contributed by atoms with van der Waals surface area (Å²) in [5.41, 5.74) is 5.99. The van der Waals surface area contributed by atoms with Crippen LogP contribution >= 0.6 is 22.7 Å². The van der Waals surface area contributed by atoms with E-state index in [1.165, 1.54) is 21.8 Å². The fourth-order valence-corrected chi connectivity index (χ4v) is 9.01. The third kappa shape index (κ3) is 5.74. The molecule has 0 fully saturated rings. The van der Waals surface area contributed by atoms with Gasteiger partial charge >= 0.3 is 5.97 Å². The van der Waals surface area contributed by atoms with Gasteiger partial charge in [0.2, 0.25) is 0 Å². The van der Waals surface area contributed by atoms with E-state index in [0.717, 1.165) is 53.2 Å². The van der Waals surface area contributed by atoms with Gasteiger partial charge in [0.25, 0.3) is 5.56 Å². The van der Waals surface area contributed by atoms with Crippen LogP contribution in [0, 0.1) is 25.2 Å². The van der Waals surface area contributed by atoms with E-state index >= 15 is 0 Å². The third-order valence-electron chi connectivity index (χ3n) is 8.61. The molecule has 1 atom stereocenters. The smallest absolute Gasteiger partial charge is 0.338 e. The minimum Gasteiger partial charge on any atom is -0.493 e. The fourth-order valence-electron chi connectivity index (χ4n) is 6.52. The number of rotatable bonds is 8. The lowest BCUT2D eigenvalue weighted by molar-refractivity contribution is -0.139. The van der Waals surface area contributed by atoms with Gasteiger partial charge in [0, 0.05) is 16.3 Å². The van der Waals surface area contributed by atoms with Crippen molar-refractivity contribution in [3.63, 3.8) is 0 Å². The summed E-state index contributed by atoms with van der Waals surface area (Å²) in [6.45, 7) is 11.6. The number of benzene rings is 1. The number of ether oxygens (including phenoxy) is 3. The van der Waals surface area contributed by atoms with Gasteiger partial charge in [0.05, 0.1) is 47.2 Å². The van der Waals surface area contributed by atoms with Crippen molar-refractivity contribution >= 4 is 34.7 Å². The van der Waals surface area contributed by atoms with Crippen LogP contribution in [0.4, 0.5) is 0 Å². The standard InChI is InChI=1S/C36H38N4O5S2/c1-8-44-35(42)31-21(5)38-36-40(32(31)23-13-14-27(45-19(2)3)28(16-23)43-7)33(41)30(47-36)17-24-15-20(4)39(22(24)6)34-26(18-37)25-11-9-10-12-29(25)46-34/h13-17,19,32H,8-12H2,1-7H3/b30-17-/t32-/m1/s1. The van der Waals surface area contributed by atoms with Gasteiger partial charge in [-0.2, -0.15) is 5.26 Å². The van der Waals surface area contributed by atoms with Crippen LogP contribution in [0.5, 0.6) is 11.5 Å². The first-order valence-corrected chi connectivity index (χ1v) is 17.5. The number of thiazole rings is 1. The maximum Gasteiger partial charge on any atom is 0.338 e. The quantitative estimate of drug-likeness (QED) is 0.219. The van der Waals surface area contributed by atoms with Gasteiger partial charge in [0.15, 0.2) is 16.3 Å². The average Bonchev–Trinajstić information content (AvgIpc) is 3.65. The molecule has 1 aromatic carbocycles. The van der Waals surface area contributed by atoms with E-state index in [4.69, 9.17) is 19.2 Å². The monoisotopic (exact) mass is 670 g/mol. The molecule has 0 N–H and O–H groups in total. The molecule has 0 bridgehead atoms. The second-order valence-electron chi connectivity index (χ2n) is 12.0. The highest BCUT2D eigenvalue weighted by atomic mass is 32.1. The van der Waals surface area contributed by atoms with Gasteiger partial charge in [-0.05, 0) is 108 Å². The van der Waals surface area contributed by atoms with Crippen LogP contribution in [0.1, 0.15) is 85.1 Å². The Kier molecular flexibility index (Phi) is 9.01. The molecule has 47 heavy (non-hydrogen) atoms. The Hall–Kier alpha value is -4.40. The summed E-state index contributed by atoms with van der Waals surface area (Å²) in [4.78, 5) is 34.2. The van der Waals surface area contributed by atoms with E-state index in [1.807, 2.05) is 39.8 Å². The number of methoxy groups -OCH3 is 1. The first-order chi connectivity index (χ1) is 22.6. The maximum absolute atomic E-state index is 14.3. The van der Waals surface area contributed by atoms with Gasteiger partial charge in [-0.3, -0.25) is 9.36 Å². The fraction of sp³-hybridized carbons (Fsp3) is 0.389. The number of hydrogen-bond acceptors (Lipinski definition) is 9. The predicted molar refractivity (Wildman–Crippen MR) is 184 cm³/mol. The Morgan fingerprint density at radius 1 is 1.15 bits per heavy atom. The molecule has 3 aromatic heterocycles. The van der Waals surface area contributed by atoms with Gasteiger partial charge in [-0.15, -0.1) is 11.3 Å². The molecule has 2 aliphatic rings. The molecule has 0 saturated heterocycles. The SMILES string of the molecule is CCOC(=O)C1=C(C)N=c2s/c(=C\c3cc(C)n(-c4sc5c(c4C#N)CCCC5)c3C)c(=O)n2[C@@H]1c1ccc(OC(C)C)c(OC)c1. The van der Waals surface area contributed by atoms with Gasteiger partial charge in [0.1, 0.15) is 11.1 Å². The van der Waals surface area contributed by atoms with Crippen molar-refractivity contribution in [3.05, 3.63) is 93.7 Å².